The summed E-state index contributed by atoms with van der Waals surface area (Å²) in [6, 6.07) is 2.31. The summed E-state index contributed by atoms with van der Waals surface area (Å²) in [5.74, 6) is -0.510. The third-order valence-corrected chi connectivity index (χ3v) is 2.69. The van der Waals surface area contributed by atoms with E-state index in [2.05, 4.69) is 21.2 Å². The SMILES string of the molecule is CCCCNc1cc(F)c(Br)cc1[N+](=O)[O-]. The monoisotopic (exact) mass is 290 g/mol. The first-order valence-corrected chi connectivity index (χ1v) is 5.73. The van der Waals surface area contributed by atoms with E-state index >= 15 is 0 Å². The maximum atomic E-state index is 13.2. The molecule has 0 aromatic heterocycles. The van der Waals surface area contributed by atoms with Crippen molar-refractivity contribution in [3.8, 4) is 0 Å². The molecule has 0 amide bonds. The van der Waals surface area contributed by atoms with E-state index in [9.17, 15) is 14.5 Å². The van der Waals surface area contributed by atoms with Crippen LogP contribution in [-0.4, -0.2) is 11.5 Å². The van der Waals surface area contributed by atoms with Crippen LogP contribution in [0.5, 0.6) is 0 Å². The van der Waals surface area contributed by atoms with Crippen LogP contribution in [0.15, 0.2) is 16.6 Å². The van der Waals surface area contributed by atoms with Crippen LogP contribution < -0.4 is 5.32 Å². The van der Waals surface area contributed by atoms with Gasteiger partial charge in [0.15, 0.2) is 0 Å². The second kappa shape index (κ2) is 5.79. The molecule has 88 valence electrons. The highest BCUT2D eigenvalue weighted by Gasteiger charge is 2.16. The average molecular weight is 291 g/mol. The highest BCUT2D eigenvalue weighted by Crippen LogP contribution is 2.30. The molecule has 0 radical (unpaired) electrons. The van der Waals surface area contributed by atoms with Crippen LogP contribution >= 0.6 is 15.9 Å². The number of nitro groups is 1. The number of rotatable bonds is 5. The normalized spacial score (nSPS) is 10.2. The van der Waals surface area contributed by atoms with Crippen LogP contribution in [0.2, 0.25) is 0 Å². The zero-order valence-corrected chi connectivity index (χ0v) is 10.4. The number of halogens is 2. The second-order valence-corrected chi connectivity index (χ2v) is 4.18. The second-order valence-electron chi connectivity index (χ2n) is 3.32. The molecular weight excluding hydrogens is 279 g/mol. The molecule has 0 aliphatic heterocycles. The number of hydrogen-bond donors (Lipinski definition) is 1. The Morgan fingerprint density at radius 2 is 2.25 bits per heavy atom. The molecule has 0 spiro atoms. The van der Waals surface area contributed by atoms with Crippen molar-refractivity contribution in [1.29, 1.82) is 0 Å². The highest BCUT2D eigenvalue weighted by molar-refractivity contribution is 9.10. The van der Waals surface area contributed by atoms with Crippen LogP contribution in [0.25, 0.3) is 0 Å². The van der Waals surface area contributed by atoms with Crippen molar-refractivity contribution >= 4 is 27.3 Å². The Kier molecular flexibility index (Phi) is 4.67. The molecule has 0 heterocycles. The van der Waals surface area contributed by atoms with E-state index < -0.39 is 10.7 Å². The van der Waals surface area contributed by atoms with Crippen LogP contribution in [0, 0.1) is 15.9 Å². The molecule has 1 N–H and O–H groups in total. The fourth-order valence-corrected chi connectivity index (χ4v) is 1.56. The van der Waals surface area contributed by atoms with Gasteiger partial charge in [0.2, 0.25) is 0 Å². The Morgan fingerprint density at radius 1 is 1.56 bits per heavy atom. The number of hydrogen-bond acceptors (Lipinski definition) is 3. The number of unbranched alkanes of at least 4 members (excludes halogenated alkanes) is 1. The summed E-state index contributed by atoms with van der Waals surface area (Å²) in [6.45, 7) is 2.61. The predicted octanol–water partition coefficient (Wildman–Crippen LogP) is 3.71. The van der Waals surface area contributed by atoms with Gasteiger partial charge in [0.1, 0.15) is 11.5 Å². The molecule has 0 atom stereocenters. The molecule has 1 aromatic carbocycles. The minimum atomic E-state index is -0.529. The van der Waals surface area contributed by atoms with Crippen LogP contribution in [0.1, 0.15) is 19.8 Å². The van der Waals surface area contributed by atoms with Crippen molar-refractivity contribution in [2.24, 2.45) is 0 Å². The molecule has 6 heteroatoms. The maximum absolute atomic E-state index is 13.2. The molecule has 0 aliphatic carbocycles. The molecule has 0 unspecified atom stereocenters. The quantitative estimate of drug-likeness (QED) is 0.511. The number of benzene rings is 1. The van der Waals surface area contributed by atoms with E-state index in [1.54, 1.807) is 0 Å². The minimum Gasteiger partial charge on any atom is -0.379 e. The first-order valence-electron chi connectivity index (χ1n) is 4.93. The van der Waals surface area contributed by atoms with Gasteiger partial charge in [0, 0.05) is 18.7 Å². The smallest absolute Gasteiger partial charge is 0.293 e. The zero-order valence-electron chi connectivity index (χ0n) is 8.80. The maximum Gasteiger partial charge on any atom is 0.293 e. The molecular formula is C10H12BrFN2O2. The van der Waals surface area contributed by atoms with E-state index in [-0.39, 0.29) is 15.8 Å². The van der Waals surface area contributed by atoms with Gasteiger partial charge in [0.25, 0.3) is 5.69 Å². The summed E-state index contributed by atoms with van der Waals surface area (Å²) in [5.41, 5.74) is 0.100. The molecule has 0 fully saturated rings. The predicted molar refractivity (Wildman–Crippen MR) is 64.2 cm³/mol. The molecule has 16 heavy (non-hydrogen) atoms. The van der Waals surface area contributed by atoms with Gasteiger partial charge in [0.05, 0.1) is 9.40 Å². The summed E-state index contributed by atoms with van der Waals surface area (Å²) >= 11 is 2.92. The Labute approximate surface area is 101 Å². The van der Waals surface area contributed by atoms with Crippen LogP contribution in [0.3, 0.4) is 0 Å². The van der Waals surface area contributed by atoms with Crippen molar-refractivity contribution in [3.05, 3.63) is 32.5 Å². The van der Waals surface area contributed by atoms with Gasteiger partial charge >= 0.3 is 0 Å². The van der Waals surface area contributed by atoms with Crippen molar-refractivity contribution in [1.82, 2.24) is 0 Å². The Bertz CT molecular complexity index is 399. The number of nitrogens with zero attached hydrogens (tertiary/aromatic N) is 1. The molecule has 0 aliphatic rings. The molecule has 4 nitrogen and oxygen atoms in total. The lowest BCUT2D eigenvalue weighted by atomic mass is 10.2. The number of nitro benzene ring substituents is 1. The van der Waals surface area contributed by atoms with Gasteiger partial charge in [-0.1, -0.05) is 13.3 Å². The van der Waals surface area contributed by atoms with E-state index in [1.807, 2.05) is 6.92 Å². The summed E-state index contributed by atoms with van der Waals surface area (Å²) in [7, 11) is 0. The van der Waals surface area contributed by atoms with Crippen molar-refractivity contribution in [2.75, 3.05) is 11.9 Å². The molecule has 1 rings (SSSR count). The first-order chi connectivity index (χ1) is 7.56. The Balaban J connectivity index is 2.95. The van der Waals surface area contributed by atoms with Gasteiger partial charge in [-0.3, -0.25) is 10.1 Å². The minimum absolute atomic E-state index is 0.0974. The van der Waals surface area contributed by atoms with Crippen molar-refractivity contribution in [2.45, 2.75) is 19.8 Å². The lowest BCUT2D eigenvalue weighted by Gasteiger charge is -2.07. The third kappa shape index (κ3) is 3.16. The highest BCUT2D eigenvalue weighted by atomic mass is 79.9. The molecule has 0 bridgehead atoms. The van der Waals surface area contributed by atoms with E-state index in [1.165, 1.54) is 6.07 Å². The van der Waals surface area contributed by atoms with Crippen LogP contribution in [0.4, 0.5) is 15.8 Å². The standard InChI is InChI=1S/C10H12BrFN2O2/c1-2-3-4-13-9-6-8(12)7(11)5-10(9)14(15)16/h5-6,13H,2-4H2,1H3. The summed E-state index contributed by atoms with van der Waals surface area (Å²) < 4.78 is 13.3. The van der Waals surface area contributed by atoms with Crippen LogP contribution in [-0.2, 0) is 0 Å². The fraction of sp³-hybridized carbons (Fsp3) is 0.400. The molecule has 1 aromatic rings. The lowest BCUT2D eigenvalue weighted by molar-refractivity contribution is -0.384. The van der Waals surface area contributed by atoms with Gasteiger partial charge in [-0.15, -0.1) is 0 Å². The van der Waals surface area contributed by atoms with Gasteiger partial charge in [-0.2, -0.15) is 0 Å². The van der Waals surface area contributed by atoms with Gasteiger partial charge in [-0.05, 0) is 22.4 Å². The zero-order chi connectivity index (χ0) is 12.1. The van der Waals surface area contributed by atoms with Gasteiger partial charge in [-0.25, -0.2) is 4.39 Å². The largest absolute Gasteiger partial charge is 0.379 e. The van der Waals surface area contributed by atoms with Crippen molar-refractivity contribution < 1.29 is 9.31 Å². The van der Waals surface area contributed by atoms with E-state index in [0.29, 0.717) is 6.54 Å². The first kappa shape index (κ1) is 12.9. The summed E-state index contributed by atoms with van der Waals surface area (Å²) in [4.78, 5) is 10.2. The van der Waals surface area contributed by atoms with Gasteiger partial charge < -0.3 is 5.32 Å². The Morgan fingerprint density at radius 3 is 2.81 bits per heavy atom. The topological polar surface area (TPSA) is 55.2 Å². The van der Waals surface area contributed by atoms with E-state index in [4.69, 9.17) is 0 Å². The lowest BCUT2D eigenvalue weighted by Crippen LogP contribution is -2.04. The summed E-state index contributed by atoms with van der Waals surface area (Å²) in [5, 5.41) is 13.6. The summed E-state index contributed by atoms with van der Waals surface area (Å²) in [6.07, 6.45) is 1.86. The fourth-order valence-electron chi connectivity index (χ4n) is 1.23. The number of anilines is 1. The third-order valence-electron chi connectivity index (χ3n) is 2.08. The van der Waals surface area contributed by atoms with Crippen molar-refractivity contribution in [3.63, 3.8) is 0 Å². The Hall–Kier alpha value is -1.17. The average Bonchev–Trinajstić information content (AvgIpc) is 2.23. The van der Waals surface area contributed by atoms with E-state index in [0.717, 1.165) is 18.9 Å². The molecule has 0 saturated heterocycles. The number of nitrogens with one attached hydrogen (secondary N) is 1. The molecule has 0 saturated carbocycles.